The number of thiophene rings is 1. The van der Waals surface area contributed by atoms with E-state index in [1.54, 1.807) is 11.3 Å². The van der Waals surface area contributed by atoms with Crippen LogP contribution in [0.3, 0.4) is 0 Å². The average molecular weight is 253 g/mol. The minimum atomic E-state index is 0.153. The molecule has 0 radical (unpaired) electrons. The second-order valence-corrected chi connectivity index (χ2v) is 5.65. The first-order valence-electron chi connectivity index (χ1n) is 6.09. The highest BCUT2D eigenvalue weighted by Crippen LogP contribution is 2.19. The lowest BCUT2D eigenvalue weighted by molar-refractivity contribution is -0.00743. The molecule has 3 nitrogen and oxygen atoms in total. The number of nitrogens with zero attached hydrogens (tertiary/aromatic N) is 1. The number of hydrogen-bond acceptors (Lipinski definition) is 3. The Hall–Kier alpha value is -0.870. The lowest BCUT2D eigenvalue weighted by Crippen LogP contribution is -2.49. The number of rotatable bonds is 3. The van der Waals surface area contributed by atoms with E-state index in [0.29, 0.717) is 25.7 Å². The summed E-state index contributed by atoms with van der Waals surface area (Å²) in [6.45, 7) is 6.41. The largest absolute Gasteiger partial charge is 0.377 e. The Morgan fingerprint density at radius 1 is 1.65 bits per heavy atom. The van der Waals surface area contributed by atoms with Crippen LogP contribution >= 0.6 is 11.3 Å². The van der Waals surface area contributed by atoms with Crippen molar-refractivity contribution in [3.8, 4) is 0 Å². The summed E-state index contributed by atoms with van der Waals surface area (Å²) in [5.41, 5.74) is 0.811. The van der Waals surface area contributed by atoms with Crippen LogP contribution in [0.1, 0.15) is 30.6 Å². The van der Waals surface area contributed by atoms with Crippen molar-refractivity contribution in [1.82, 2.24) is 4.90 Å². The van der Waals surface area contributed by atoms with Crippen LogP contribution in [-0.4, -0.2) is 36.6 Å². The molecule has 1 saturated heterocycles. The number of carbonyl (C=O) groups excluding carboxylic acids is 1. The molecule has 17 heavy (non-hydrogen) atoms. The maximum absolute atomic E-state index is 12.3. The Kier molecular flexibility index (Phi) is 4.18. The van der Waals surface area contributed by atoms with E-state index in [1.807, 2.05) is 21.7 Å². The monoisotopic (exact) mass is 253 g/mol. The first-order valence-corrected chi connectivity index (χ1v) is 7.03. The Labute approximate surface area is 106 Å². The van der Waals surface area contributed by atoms with E-state index < -0.39 is 0 Å². The van der Waals surface area contributed by atoms with Crippen LogP contribution in [0.4, 0.5) is 0 Å². The van der Waals surface area contributed by atoms with Crippen LogP contribution in [0.2, 0.25) is 0 Å². The minimum absolute atomic E-state index is 0.153. The van der Waals surface area contributed by atoms with Crippen molar-refractivity contribution < 1.29 is 9.53 Å². The Morgan fingerprint density at radius 2 is 2.47 bits per heavy atom. The van der Waals surface area contributed by atoms with Gasteiger partial charge in [0.1, 0.15) is 0 Å². The molecule has 2 rings (SSSR count). The standard InChI is InChI=1S/C13H19NO2S/c1-10(2)7-12-8-16-5-4-14(12)13(15)11-3-6-17-9-11/h3,6,9-10,12H,4-5,7-8H2,1-2H3. The Morgan fingerprint density at radius 3 is 3.12 bits per heavy atom. The second kappa shape index (κ2) is 5.65. The maximum Gasteiger partial charge on any atom is 0.255 e. The van der Waals surface area contributed by atoms with Crippen LogP contribution in [0.15, 0.2) is 16.8 Å². The highest BCUT2D eigenvalue weighted by molar-refractivity contribution is 7.08. The molecule has 0 saturated carbocycles. The zero-order chi connectivity index (χ0) is 12.3. The molecule has 1 aromatic heterocycles. The quantitative estimate of drug-likeness (QED) is 0.828. The SMILES string of the molecule is CC(C)CC1COCCN1C(=O)c1ccsc1. The fourth-order valence-corrected chi connectivity index (χ4v) is 2.84. The number of carbonyl (C=O) groups is 1. The van der Waals surface area contributed by atoms with Gasteiger partial charge in [0.2, 0.25) is 0 Å². The fourth-order valence-electron chi connectivity index (χ4n) is 2.21. The normalized spacial score (nSPS) is 20.9. The average Bonchev–Trinajstić information content (AvgIpc) is 2.81. The van der Waals surface area contributed by atoms with E-state index in [9.17, 15) is 4.79 Å². The van der Waals surface area contributed by atoms with E-state index in [4.69, 9.17) is 4.74 Å². The number of morpholine rings is 1. The van der Waals surface area contributed by atoms with Crippen molar-refractivity contribution in [2.75, 3.05) is 19.8 Å². The van der Waals surface area contributed by atoms with E-state index in [0.717, 1.165) is 12.0 Å². The molecule has 94 valence electrons. The van der Waals surface area contributed by atoms with Gasteiger partial charge < -0.3 is 9.64 Å². The third-order valence-corrected chi connectivity index (χ3v) is 3.68. The van der Waals surface area contributed by atoms with Gasteiger partial charge in [-0.3, -0.25) is 4.79 Å². The van der Waals surface area contributed by atoms with Crippen molar-refractivity contribution in [1.29, 1.82) is 0 Å². The predicted octanol–water partition coefficient (Wildman–Crippen LogP) is 2.64. The minimum Gasteiger partial charge on any atom is -0.377 e. The molecular weight excluding hydrogens is 234 g/mol. The molecule has 0 bridgehead atoms. The van der Waals surface area contributed by atoms with Crippen molar-refractivity contribution >= 4 is 17.2 Å². The van der Waals surface area contributed by atoms with Gasteiger partial charge in [0.15, 0.2) is 0 Å². The predicted molar refractivity (Wildman–Crippen MR) is 69.4 cm³/mol. The summed E-state index contributed by atoms with van der Waals surface area (Å²) in [4.78, 5) is 14.3. The van der Waals surface area contributed by atoms with Crippen LogP contribution in [0.25, 0.3) is 0 Å². The Bertz CT molecular complexity index is 362. The van der Waals surface area contributed by atoms with Gasteiger partial charge in [-0.2, -0.15) is 11.3 Å². The van der Waals surface area contributed by atoms with Crippen LogP contribution in [0, 0.1) is 5.92 Å². The van der Waals surface area contributed by atoms with Gasteiger partial charge in [-0.05, 0) is 23.8 Å². The summed E-state index contributed by atoms with van der Waals surface area (Å²) >= 11 is 1.57. The van der Waals surface area contributed by atoms with Gasteiger partial charge in [-0.25, -0.2) is 0 Å². The fraction of sp³-hybridized carbons (Fsp3) is 0.615. The zero-order valence-electron chi connectivity index (χ0n) is 10.4. The van der Waals surface area contributed by atoms with Crippen molar-refractivity contribution in [2.45, 2.75) is 26.3 Å². The number of hydrogen-bond donors (Lipinski definition) is 0. The van der Waals surface area contributed by atoms with Gasteiger partial charge >= 0.3 is 0 Å². The third kappa shape index (κ3) is 3.07. The van der Waals surface area contributed by atoms with E-state index >= 15 is 0 Å². The zero-order valence-corrected chi connectivity index (χ0v) is 11.2. The van der Waals surface area contributed by atoms with Crippen molar-refractivity contribution in [2.24, 2.45) is 5.92 Å². The summed E-state index contributed by atoms with van der Waals surface area (Å²) in [5, 5.41) is 3.87. The molecule has 1 fully saturated rings. The van der Waals surface area contributed by atoms with E-state index in [-0.39, 0.29) is 11.9 Å². The molecule has 1 atom stereocenters. The summed E-state index contributed by atoms with van der Waals surface area (Å²) < 4.78 is 5.49. The molecule has 0 spiro atoms. The topological polar surface area (TPSA) is 29.5 Å². The first kappa shape index (κ1) is 12.6. The Balaban J connectivity index is 2.08. The van der Waals surface area contributed by atoms with E-state index in [1.165, 1.54) is 0 Å². The van der Waals surface area contributed by atoms with Gasteiger partial charge in [0.05, 0.1) is 24.8 Å². The lowest BCUT2D eigenvalue weighted by Gasteiger charge is -2.36. The molecular formula is C13H19NO2S. The third-order valence-electron chi connectivity index (χ3n) is 3.00. The second-order valence-electron chi connectivity index (χ2n) is 4.87. The summed E-state index contributed by atoms with van der Waals surface area (Å²) in [5.74, 6) is 0.736. The molecule has 0 aromatic carbocycles. The van der Waals surface area contributed by atoms with Crippen LogP contribution in [-0.2, 0) is 4.74 Å². The lowest BCUT2D eigenvalue weighted by atomic mass is 10.0. The molecule has 1 amide bonds. The molecule has 1 aliphatic rings. The first-order chi connectivity index (χ1) is 8.18. The molecule has 4 heteroatoms. The molecule has 1 aliphatic heterocycles. The van der Waals surface area contributed by atoms with E-state index in [2.05, 4.69) is 13.8 Å². The summed E-state index contributed by atoms with van der Waals surface area (Å²) in [6.07, 6.45) is 1.01. The van der Waals surface area contributed by atoms with Crippen molar-refractivity contribution in [3.05, 3.63) is 22.4 Å². The molecule has 2 heterocycles. The van der Waals surface area contributed by atoms with Crippen LogP contribution in [0.5, 0.6) is 0 Å². The summed E-state index contributed by atoms with van der Waals surface area (Å²) in [6, 6.07) is 2.13. The van der Waals surface area contributed by atoms with Crippen LogP contribution < -0.4 is 0 Å². The molecule has 0 N–H and O–H groups in total. The van der Waals surface area contributed by atoms with Gasteiger partial charge in [0, 0.05) is 11.9 Å². The van der Waals surface area contributed by atoms with Crippen molar-refractivity contribution in [3.63, 3.8) is 0 Å². The smallest absolute Gasteiger partial charge is 0.255 e. The highest BCUT2D eigenvalue weighted by atomic mass is 32.1. The maximum atomic E-state index is 12.3. The van der Waals surface area contributed by atoms with Gasteiger partial charge in [-0.1, -0.05) is 13.8 Å². The number of ether oxygens (including phenoxy) is 1. The van der Waals surface area contributed by atoms with Gasteiger partial charge in [-0.15, -0.1) is 0 Å². The highest BCUT2D eigenvalue weighted by Gasteiger charge is 2.28. The number of amides is 1. The molecule has 1 unspecified atom stereocenters. The summed E-state index contributed by atoms with van der Waals surface area (Å²) in [7, 11) is 0. The molecule has 0 aliphatic carbocycles. The van der Waals surface area contributed by atoms with Gasteiger partial charge in [0.25, 0.3) is 5.91 Å². The molecule has 1 aromatic rings.